The van der Waals surface area contributed by atoms with Gasteiger partial charge < -0.3 is 24.2 Å². The summed E-state index contributed by atoms with van der Waals surface area (Å²) in [5.41, 5.74) is 0.181. The molecule has 1 aromatic rings. The summed E-state index contributed by atoms with van der Waals surface area (Å²) in [6.07, 6.45) is 7.59. The van der Waals surface area contributed by atoms with Gasteiger partial charge in [0.25, 0.3) is 0 Å². The van der Waals surface area contributed by atoms with Gasteiger partial charge in [-0.15, -0.1) is 0 Å². The fourth-order valence-electron chi connectivity index (χ4n) is 8.63. The molecule has 2 aliphatic heterocycles. The normalized spacial score (nSPS) is 45.3. The molecule has 0 amide bonds. The molecule has 5 nitrogen and oxygen atoms in total. The quantitative estimate of drug-likeness (QED) is 0.775. The van der Waals surface area contributed by atoms with Crippen molar-refractivity contribution in [3.8, 4) is 11.5 Å². The van der Waals surface area contributed by atoms with E-state index >= 15 is 0 Å². The molecule has 1 N–H and O–H groups in total. The SMILES string of the molecule is COc1ccc2c3c1O[C@@]1(C)[C@]4(OC)C=CC5(C[C@@H]4C(C)(C)O)C(C2)N(C)CC[C@@]351. The predicted octanol–water partition coefficient (Wildman–Crippen LogP) is 3.08. The van der Waals surface area contributed by atoms with Crippen LogP contribution in [0.3, 0.4) is 0 Å². The Morgan fingerprint density at radius 1 is 1.23 bits per heavy atom. The third-order valence-electron chi connectivity index (χ3n) is 9.77. The lowest BCUT2D eigenvalue weighted by Crippen LogP contribution is -2.85. The molecule has 162 valence electrons. The van der Waals surface area contributed by atoms with Gasteiger partial charge in [-0.1, -0.05) is 18.2 Å². The maximum atomic E-state index is 11.4. The van der Waals surface area contributed by atoms with E-state index in [1.54, 1.807) is 14.2 Å². The molecule has 2 fully saturated rings. The lowest BCUT2D eigenvalue weighted by Gasteiger charge is -2.75. The van der Waals surface area contributed by atoms with Crippen LogP contribution in [0, 0.1) is 11.3 Å². The van der Waals surface area contributed by atoms with Crippen LogP contribution in [0.15, 0.2) is 24.3 Å². The Balaban J connectivity index is 1.75. The summed E-state index contributed by atoms with van der Waals surface area (Å²) in [6.45, 7) is 7.12. The molecule has 6 aliphatic rings. The van der Waals surface area contributed by atoms with E-state index in [0.29, 0.717) is 6.04 Å². The number of hydrogen-bond donors (Lipinski definition) is 1. The van der Waals surface area contributed by atoms with Gasteiger partial charge in [-0.3, -0.25) is 0 Å². The van der Waals surface area contributed by atoms with Gasteiger partial charge in [0.1, 0.15) is 11.2 Å². The van der Waals surface area contributed by atoms with E-state index in [-0.39, 0.29) is 16.7 Å². The standard InChI is InChI=1S/C25H33NO4/c1-21(2,27)17-14-23-9-10-25(17,29-6)22(3)24(23)11-12-26(4)18(23)13-15-7-8-16(28-5)20(30-22)19(15)24/h7-10,17-18,27H,11-14H2,1-6H3/t17-,18?,22-,23?,24+,25+/m1/s1. The first-order chi connectivity index (χ1) is 14.1. The van der Waals surface area contributed by atoms with Gasteiger partial charge in [0.15, 0.2) is 11.5 Å². The first kappa shape index (κ1) is 19.1. The van der Waals surface area contributed by atoms with Crippen LogP contribution >= 0.6 is 0 Å². The van der Waals surface area contributed by atoms with Crippen LogP contribution in [-0.2, 0) is 16.6 Å². The molecule has 0 radical (unpaired) electrons. The van der Waals surface area contributed by atoms with Crippen LogP contribution < -0.4 is 9.47 Å². The van der Waals surface area contributed by atoms with Crippen LogP contribution in [0.1, 0.15) is 44.7 Å². The van der Waals surface area contributed by atoms with Crippen molar-refractivity contribution >= 4 is 0 Å². The van der Waals surface area contributed by atoms with Crippen molar-refractivity contribution in [1.29, 1.82) is 0 Å². The Bertz CT molecular complexity index is 982. The molecule has 2 unspecified atom stereocenters. The van der Waals surface area contributed by atoms with Gasteiger partial charge in [0.05, 0.1) is 18.1 Å². The lowest BCUT2D eigenvalue weighted by atomic mass is 9.32. The fraction of sp³-hybridized carbons (Fsp3) is 0.680. The molecule has 7 rings (SSSR count). The molecule has 1 saturated heterocycles. The number of likely N-dealkylation sites (N-methyl/N-ethyl adjacent to an activating group) is 1. The zero-order valence-corrected chi connectivity index (χ0v) is 18.9. The van der Waals surface area contributed by atoms with Crippen molar-refractivity contribution in [2.24, 2.45) is 11.3 Å². The van der Waals surface area contributed by atoms with E-state index in [2.05, 4.69) is 43.2 Å². The van der Waals surface area contributed by atoms with Gasteiger partial charge in [0, 0.05) is 30.0 Å². The van der Waals surface area contributed by atoms with Crippen molar-refractivity contribution in [3.63, 3.8) is 0 Å². The van der Waals surface area contributed by atoms with Gasteiger partial charge in [-0.25, -0.2) is 0 Å². The molecule has 1 saturated carbocycles. The zero-order valence-electron chi connectivity index (χ0n) is 18.9. The number of aliphatic hydroxyl groups is 1. The molecule has 5 heteroatoms. The lowest BCUT2D eigenvalue weighted by molar-refractivity contribution is -0.283. The van der Waals surface area contributed by atoms with E-state index in [1.807, 2.05) is 13.8 Å². The number of benzene rings is 1. The predicted molar refractivity (Wildman–Crippen MR) is 114 cm³/mol. The van der Waals surface area contributed by atoms with Gasteiger partial charge in [0.2, 0.25) is 0 Å². The zero-order chi connectivity index (χ0) is 21.3. The molecule has 6 atom stereocenters. The number of ether oxygens (including phenoxy) is 3. The van der Waals surface area contributed by atoms with E-state index < -0.39 is 16.8 Å². The number of likely N-dealkylation sites (tertiary alicyclic amines) is 1. The second-order valence-corrected chi connectivity index (χ2v) is 10.9. The highest BCUT2D eigenvalue weighted by Crippen LogP contribution is 2.78. The van der Waals surface area contributed by atoms with Crippen LogP contribution in [0.4, 0.5) is 0 Å². The van der Waals surface area contributed by atoms with Crippen molar-refractivity contribution < 1.29 is 19.3 Å². The summed E-state index contributed by atoms with van der Waals surface area (Å²) in [6, 6.07) is 4.67. The third kappa shape index (κ3) is 1.63. The molecule has 0 aromatic heterocycles. The first-order valence-electron chi connectivity index (χ1n) is 11.2. The Morgan fingerprint density at radius 2 is 2.00 bits per heavy atom. The van der Waals surface area contributed by atoms with Gasteiger partial charge in [-0.05, 0) is 65.3 Å². The van der Waals surface area contributed by atoms with Crippen molar-refractivity contribution in [1.82, 2.24) is 4.90 Å². The minimum Gasteiger partial charge on any atom is -0.493 e. The minimum atomic E-state index is -0.895. The minimum absolute atomic E-state index is 0.0750. The Hall–Kier alpha value is -1.56. The number of piperidine rings is 1. The van der Waals surface area contributed by atoms with Crippen molar-refractivity contribution in [2.75, 3.05) is 27.8 Å². The maximum Gasteiger partial charge on any atom is 0.166 e. The number of hydrogen-bond acceptors (Lipinski definition) is 5. The maximum absolute atomic E-state index is 11.4. The Labute approximate surface area is 179 Å². The molecule has 4 bridgehead atoms. The number of rotatable bonds is 3. The Kier molecular flexibility index (Phi) is 3.35. The molecule has 2 heterocycles. The molecule has 2 spiro atoms. The second kappa shape index (κ2) is 5.25. The molecule has 30 heavy (non-hydrogen) atoms. The number of methoxy groups -OCH3 is 2. The Morgan fingerprint density at radius 3 is 2.67 bits per heavy atom. The molecular formula is C25H33NO4. The van der Waals surface area contributed by atoms with E-state index in [0.717, 1.165) is 37.3 Å². The van der Waals surface area contributed by atoms with Crippen LogP contribution in [0.2, 0.25) is 0 Å². The summed E-state index contributed by atoms with van der Waals surface area (Å²) >= 11 is 0. The van der Waals surface area contributed by atoms with Gasteiger partial charge >= 0.3 is 0 Å². The highest BCUT2D eigenvalue weighted by atomic mass is 16.6. The average molecular weight is 412 g/mol. The highest BCUT2D eigenvalue weighted by molar-refractivity contribution is 5.67. The van der Waals surface area contributed by atoms with E-state index in [1.165, 1.54) is 11.1 Å². The number of nitrogens with zero attached hydrogens (tertiary/aromatic N) is 1. The van der Waals surface area contributed by atoms with Crippen molar-refractivity contribution in [2.45, 2.75) is 68.3 Å². The van der Waals surface area contributed by atoms with Crippen LogP contribution in [-0.4, -0.2) is 60.7 Å². The summed E-state index contributed by atoms with van der Waals surface area (Å²) in [5, 5.41) is 11.4. The second-order valence-electron chi connectivity index (χ2n) is 10.9. The summed E-state index contributed by atoms with van der Waals surface area (Å²) in [4.78, 5) is 2.54. The number of fused-ring (bicyclic) bond motifs is 1. The van der Waals surface area contributed by atoms with Crippen molar-refractivity contribution in [3.05, 3.63) is 35.4 Å². The topological polar surface area (TPSA) is 51.2 Å². The first-order valence-corrected chi connectivity index (χ1v) is 11.2. The monoisotopic (exact) mass is 411 g/mol. The van der Waals surface area contributed by atoms with E-state index in [4.69, 9.17) is 14.2 Å². The smallest absolute Gasteiger partial charge is 0.166 e. The van der Waals surface area contributed by atoms with Crippen LogP contribution in [0.25, 0.3) is 0 Å². The third-order valence-corrected chi connectivity index (χ3v) is 9.77. The van der Waals surface area contributed by atoms with E-state index in [9.17, 15) is 5.11 Å². The van der Waals surface area contributed by atoms with Crippen LogP contribution in [0.5, 0.6) is 11.5 Å². The average Bonchev–Trinajstić information content (AvgIpc) is 3.00. The molecule has 1 aromatic carbocycles. The summed E-state index contributed by atoms with van der Waals surface area (Å²) in [7, 11) is 5.76. The fourth-order valence-corrected chi connectivity index (χ4v) is 8.63. The summed E-state index contributed by atoms with van der Waals surface area (Å²) < 4.78 is 19.2. The van der Waals surface area contributed by atoms with Gasteiger partial charge in [-0.2, -0.15) is 0 Å². The summed E-state index contributed by atoms with van der Waals surface area (Å²) in [5.74, 6) is 1.62. The molecule has 4 aliphatic carbocycles. The highest BCUT2D eigenvalue weighted by Gasteiger charge is 2.84. The molecular weight excluding hydrogens is 378 g/mol. The largest absolute Gasteiger partial charge is 0.493 e.